The van der Waals surface area contributed by atoms with Crippen LogP contribution in [0.2, 0.25) is 0 Å². The molecule has 5 nitrogen and oxygen atoms in total. The average molecular weight is 300 g/mol. The third-order valence-electron chi connectivity index (χ3n) is 4.46. The van der Waals surface area contributed by atoms with Crippen molar-refractivity contribution >= 4 is 10.0 Å². The minimum atomic E-state index is -3.48. The Hall–Kier alpha value is -0.850. The summed E-state index contributed by atoms with van der Waals surface area (Å²) >= 11 is 0. The van der Waals surface area contributed by atoms with Crippen LogP contribution in [0.15, 0.2) is 17.2 Å². The zero-order valence-electron chi connectivity index (χ0n) is 12.4. The topological polar surface area (TPSA) is 62.5 Å². The molecule has 0 amide bonds. The molecule has 1 saturated carbocycles. The Balaban J connectivity index is 2.28. The van der Waals surface area contributed by atoms with Crippen molar-refractivity contribution in [1.29, 1.82) is 0 Å². The number of aliphatic hydroxyl groups is 1. The van der Waals surface area contributed by atoms with Crippen molar-refractivity contribution in [3.63, 3.8) is 0 Å². The Labute approximate surface area is 121 Å². The summed E-state index contributed by atoms with van der Waals surface area (Å²) in [6, 6.07) is 1.63. The molecule has 2 unspecified atom stereocenters. The quantitative estimate of drug-likeness (QED) is 0.921. The van der Waals surface area contributed by atoms with Gasteiger partial charge in [-0.2, -0.15) is 4.31 Å². The van der Waals surface area contributed by atoms with Crippen LogP contribution < -0.4 is 0 Å². The van der Waals surface area contributed by atoms with Gasteiger partial charge in [0.25, 0.3) is 0 Å². The lowest BCUT2D eigenvalue weighted by molar-refractivity contribution is 0.213. The molecule has 1 aliphatic rings. The summed E-state index contributed by atoms with van der Waals surface area (Å²) in [5, 5.41) is 9.20. The summed E-state index contributed by atoms with van der Waals surface area (Å²) in [5.41, 5.74) is 0.605. The van der Waals surface area contributed by atoms with Crippen molar-refractivity contribution in [3.8, 4) is 0 Å². The highest BCUT2D eigenvalue weighted by Crippen LogP contribution is 2.31. The van der Waals surface area contributed by atoms with E-state index in [0.717, 1.165) is 19.3 Å². The number of aromatic nitrogens is 1. The summed E-state index contributed by atoms with van der Waals surface area (Å²) in [6.45, 7) is 1.97. The van der Waals surface area contributed by atoms with Crippen LogP contribution in [0, 0.1) is 5.92 Å². The van der Waals surface area contributed by atoms with E-state index < -0.39 is 10.0 Å². The van der Waals surface area contributed by atoms with Gasteiger partial charge in [-0.15, -0.1) is 0 Å². The molecule has 0 aromatic carbocycles. The van der Waals surface area contributed by atoms with Gasteiger partial charge in [-0.05, 0) is 24.8 Å². The molecular weight excluding hydrogens is 276 g/mol. The van der Waals surface area contributed by atoms with Crippen LogP contribution in [0.1, 0.15) is 38.3 Å². The second-order valence-corrected chi connectivity index (χ2v) is 7.78. The van der Waals surface area contributed by atoms with E-state index in [4.69, 9.17) is 0 Å². The second-order valence-electron chi connectivity index (χ2n) is 5.79. The predicted molar refractivity (Wildman–Crippen MR) is 77.7 cm³/mol. The van der Waals surface area contributed by atoms with Gasteiger partial charge < -0.3 is 9.67 Å². The number of nitrogens with zero attached hydrogens (tertiary/aromatic N) is 2. The largest absolute Gasteiger partial charge is 0.390 e. The van der Waals surface area contributed by atoms with Crippen molar-refractivity contribution < 1.29 is 13.5 Å². The highest BCUT2D eigenvalue weighted by atomic mass is 32.2. The lowest BCUT2D eigenvalue weighted by Crippen LogP contribution is -2.42. The highest BCUT2D eigenvalue weighted by Gasteiger charge is 2.33. The van der Waals surface area contributed by atoms with Gasteiger partial charge in [0.2, 0.25) is 10.0 Å². The van der Waals surface area contributed by atoms with Crippen molar-refractivity contribution in [3.05, 3.63) is 18.0 Å². The van der Waals surface area contributed by atoms with Crippen LogP contribution in [0.5, 0.6) is 0 Å². The van der Waals surface area contributed by atoms with Gasteiger partial charge in [0.15, 0.2) is 0 Å². The lowest BCUT2D eigenvalue weighted by atomic mass is 9.86. The van der Waals surface area contributed by atoms with E-state index >= 15 is 0 Å². The molecule has 0 bridgehead atoms. The third-order valence-corrected chi connectivity index (χ3v) is 6.30. The minimum absolute atomic E-state index is 0.0755. The van der Waals surface area contributed by atoms with Gasteiger partial charge in [-0.1, -0.05) is 19.8 Å². The normalized spacial score (nSPS) is 24.2. The van der Waals surface area contributed by atoms with E-state index in [2.05, 4.69) is 6.92 Å². The average Bonchev–Trinajstić information content (AvgIpc) is 2.80. The third kappa shape index (κ3) is 2.77. The first-order chi connectivity index (χ1) is 9.37. The molecule has 2 atom stereocenters. The number of aryl methyl sites for hydroxylation is 1. The molecular formula is C14H24N2O3S. The Morgan fingerprint density at radius 2 is 2.05 bits per heavy atom. The summed E-state index contributed by atoms with van der Waals surface area (Å²) in [5.74, 6) is 0.393. The van der Waals surface area contributed by atoms with Gasteiger partial charge >= 0.3 is 0 Å². The Morgan fingerprint density at radius 1 is 1.40 bits per heavy atom. The first kappa shape index (κ1) is 15.5. The molecule has 1 fully saturated rings. The van der Waals surface area contributed by atoms with Gasteiger partial charge in [0.1, 0.15) is 4.90 Å². The van der Waals surface area contributed by atoms with E-state index in [1.807, 2.05) is 0 Å². The Kier molecular flexibility index (Phi) is 4.56. The van der Waals surface area contributed by atoms with Crippen LogP contribution in [-0.2, 0) is 23.7 Å². The SMILES string of the molecule is CC1CCCCC1N(C)S(=O)(=O)c1cc(CO)n(C)c1. The van der Waals surface area contributed by atoms with E-state index in [9.17, 15) is 13.5 Å². The molecule has 1 heterocycles. The standard InChI is InChI=1S/C14H24N2O3S/c1-11-6-4-5-7-14(11)16(3)20(18,19)13-8-12(10-17)15(2)9-13/h8-9,11,14,17H,4-7,10H2,1-3H3. The van der Waals surface area contributed by atoms with Gasteiger partial charge in [-0.3, -0.25) is 0 Å². The molecule has 1 N–H and O–H groups in total. The number of sulfonamides is 1. The fourth-order valence-corrected chi connectivity index (χ4v) is 4.64. The molecule has 1 aliphatic carbocycles. The van der Waals surface area contributed by atoms with Gasteiger partial charge in [0.05, 0.1) is 6.61 Å². The molecule has 20 heavy (non-hydrogen) atoms. The van der Waals surface area contributed by atoms with Crippen LogP contribution in [0.3, 0.4) is 0 Å². The fourth-order valence-electron chi connectivity index (χ4n) is 3.06. The fraction of sp³-hybridized carbons (Fsp3) is 0.714. The molecule has 0 spiro atoms. The lowest BCUT2D eigenvalue weighted by Gasteiger charge is -2.35. The molecule has 0 radical (unpaired) electrons. The molecule has 6 heteroatoms. The Bertz CT molecular complexity index is 565. The van der Waals surface area contributed by atoms with Crippen LogP contribution >= 0.6 is 0 Å². The monoisotopic (exact) mass is 300 g/mol. The van der Waals surface area contributed by atoms with E-state index in [-0.39, 0.29) is 17.5 Å². The first-order valence-electron chi connectivity index (χ1n) is 7.12. The van der Waals surface area contributed by atoms with Gasteiger partial charge in [0, 0.05) is 32.0 Å². The Morgan fingerprint density at radius 3 is 2.60 bits per heavy atom. The summed E-state index contributed by atoms with van der Waals surface area (Å²) in [4.78, 5) is 0.268. The predicted octanol–water partition coefficient (Wildman–Crippen LogP) is 1.72. The van der Waals surface area contributed by atoms with Crippen molar-refractivity contribution in [2.45, 2.75) is 50.2 Å². The van der Waals surface area contributed by atoms with Crippen molar-refractivity contribution in [2.75, 3.05) is 7.05 Å². The summed E-state index contributed by atoms with van der Waals surface area (Å²) < 4.78 is 28.6. The zero-order valence-corrected chi connectivity index (χ0v) is 13.2. The van der Waals surface area contributed by atoms with Crippen LogP contribution in [0.4, 0.5) is 0 Å². The molecule has 1 aromatic heterocycles. The number of aliphatic hydroxyl groups excluding tert-OH is 1. The van der Waals surface area contributed by atoms with Crippen molar-refractivity contribution in [1.82, 2.24) is 8.87 Å². The molecule has 114 valence electrons. The molecule has 2 rings (SSSR count). The van der Waals surface area contributed by atoms with Gasteiger partial charge in [-0.25, -0.2) is 8.42 Å². The highest BCUT2D eigenvalue weighted by molar-refractivity contribution is 7.89. The zero-order chi connectivity index (χ0) is 14.9. The maximum atomic E-state index is 12.7. The first-order valence-corrected chi connectivity index (χ1v) is 8.56. The summed E-state index contributed by atoms with van der Waals surface area (Å²) in [6.07, 6.45) is 5.86. The molecule has 1 aromatic rings. The van der Waals surface area contributed by atoms with E-state index in [0.29, 0.717) is 11.6 Å². The minimum Gasteiger partial charge on any atom is -0.390 e. The number of hydrogen-bond donors (Lipinski definition) is 1. The second kappa shape index (κ2) is 5.87. The molecule has 0 aliphatic heterocycles. The maximum Gasteiger partial charge on any atom is 0.244 e. The summed E-state index contributed by atoms with van der Waals surface area (Å²) in [7, 11) is -0.0640. The number of rotatable bonds is 4. The number of hydrogen-bond acceptors (Lipinski definition) is 3. The van der Waals surface area contributed by atoms with E-state index in [1.54, 1.807) is 30.9 Å². The van der Waals surface area contributed by atoms with Crippen LogP contribution in [-0.4, -0.2) is 35.5 Å². The van der Waals surface area contributed by atoms with Crippen molar-refractivity contribution in [2.24, 2.45) is 13.0 Å². The van der Waals surface area contributed by atoms with E-state index in [1.165, 1.54) is 10.7 Å². The smallest absolute Gasteiger partial charge is 0.244 e. The van der Waals surface area contributed by atoms with Crippen LogP contribution in [0.25, 0.3) is 0 Å². The molecule has 0 saturated heterocycles. The maximum absolute atomic E-state index is 12.7.